The van der Waals surface area contributed by atoms with E-state index in [-0.39, 0.29) is 17.6 Å². The number of aromatic nitrogens is 2. The van der Waals surface area contributed by atoms with Crippen LogP contribution in [0.5, 0.6) is 0 Å². The Morgan fingerprint density at radius 3 is 2.48 bits per heavy atom. The predicted octanol–water partition coefficient (Wildman–Crippen LogP) is 2.91. The van der Waals surface area contributed by atoms with Gasteiger partial charge in [-0.3, -0.25) is 9.69 Å². The van der Waals surface area contributed by atoms with Gasteiger partial charge in [0.2, 0.25) is 5.91 Å². The number of hydrogen-bond acceptors (Lipinski definition) is 5. The van der Waals surface area contributed by atoms with Gasteiger partial charge in [-0.1, -0.05) is 11.6 Å². The van der Waals surface area contributed by atoms with Crippen molar-refractivity contribution in [2.75, 3.05) is 42.9 Å². The number of nitrogens with one attached hydrogen (secondary N) is 1. The molecule has 3 heterocycles. The molecule has 2 aromatic rings. The van der Waals surface area contributed by atoms with Crippen LogP contribution in [0, 0.1) is 0 Å². The van der Waals surface area contributed by atoms with Crippen LogP contribution in [0.25, 0.3) is 0 Å². The second-order valence-corrected chi connectivity index (χ2v) is 6.41. The molecule has 0 bridgehead atoms. The summed E-state index contributed by atoms with van der Waals surface area (Å²) in [4.78, 5) is 23.8. The van der Waals surface area contributed by atoms with Gasteiger partial charge in [-0.2, -0.15) is 13.2 Å². The van der Waals surface area contributed by atoms with Gasteiger partial charge in [0.1, 0.15) is 5.82 Å². The summed E-state index contributed by atoms with van der Waals surface area (Å²) >= 11 is 5.91. The van der Waals surface area contributed by atoms with E-state index in [1.165, 1.54) is 12.3 Å². The van der Waals surface area contributed by atoms with Gasteiger partial charge in [-0.05, 0) is 24.3 Å². The quantitative estimate of drug-likeness (QED) is 0.801. The maximum atomic E-state index is 12.6. The molecule has 1 aliphatic rings. The number of nitrogens with zero attached hydrogens (tertiary/aromatic N) is 4. The highest BCUT2D eigenvalue weighted by Gasteiger charge is 2.31. The number of amides is 1. The van der Waals surface area contributed by atoms with Crippen LogP contribution in [0.3, 0.4) is 0 Å². The fraction of sp³-hybridized carbons (Fsp3) is 0.353. The van der Waals surface area contributed by atoms with Crippen LogP contribution < -0.4 is 10.2 Å². The molecule has 1 N–H and O–H groups in total. The van der Waals surface area contributed by atoms with E-state index in [9.17, 15) is 18.0 Å². The van der Waals surface area contributed by atoms with Gasteiger partial charge < -0.3 is 10.2 Å². The fourth-order valence-electron chi connectivity index (χ4n) is 2.75. The minimum atomic E-state index is -4.39. The molecule has 1 aliphatic heterocycles. The lowest BCUT2D eigenvalue weighted by atomic mass is 10.2. The van der Waals surface area contributed by atoms with E-state index in [4.69, 9.17) is 11.6 Å². The van der Waals surface area contributed by atoms with Gasteiger partial charge in [0.15, 0.2) is 5.15 Å². The molecule has 0 saturated carbocycles. The molecule has 6 nitrogen and oxygen atoms in total. The van der Waals surface area contributed by atoms with Crippen molar-refractivity contribution in [2.45, 2.75) is 6.18 Å². The molecule has 1 fully saturated rings. The molecule has 0 spiro atoms. The maximum absolute atomic E-state index is 12.6. The van der Waals surface area contributed by atoms with Crippen LogP contribution in [-0.2, 0) is 11.0 Å². The molecule has 0 unspecified atom stereocenters. The van der Waals surface area contributed by atoms with Crippen molar-refractivity contribution in [1.82, 2.24) is 14.9 Å². The summed E-state index contributed by atoms with van der Waals surface area (Å²) in [5.74, 6) is 0.292. The molecular formula is C17H17ClF3N5O. The lowest BCUT2D eigenvalue weighted by molar-refractivity contribution is -0.137. The standard InChI is InChI=1S/C17H17ClF3N5O/c18-16-13(2-1-5-22-16)24-15(27)11-25-6-8-26(9-7-25)14-4-3-12(10-23-14)17(19,20)21/h1-5,10H,6-9,11H2,(H,24,27). The third-order valence-electron chi connectivity index (χ3n) is 4.17. The summed E-state index contributed by atoms with van der Waals surface area (Å²) in [5.41, 5.74) is -0.313. The number of rotatable bonds is 4. The zero-order chi connectivity index (χ0) is 19.4. The summed E-state index contributed by atoms with van der Waals surface area (Å²) in [5, 5.41) is 2.94. The highest BCUT2D eigenvalue weighted by atomic mass is 35.5. The fourth-order valence-corrected chi connectivity index (χ4v) is 2.91. The molecule has 3 rings (SSSR count). The molecule has 10 heteroatoms. The van der Waals surface area contributed by atoms with Crippen LogP contribution in [0.2, 0.25) is 5.15 Å². The summed E-state index contributed by atoms with van der Waals surface area (Å²) in [6, 6.07) is 5.74. The molecule has 1 amide bonds. The zero-order valence-electron chi connectivity index (χ0n) is 14.2. The number of carbonyl (C=O) groups excluding carboxylic acids is 1. The summed E-state index contributed by atoms with van der Waals surface area (Å²) in [6.45, 7) is 2.52. The van der Waals surface area contributed by atoms with E-state index in [1.807, 2.05) is 9.80 Å². The number of anilines is 2. The second-order valence-electron chi connectivity index (χ2n) is 6.06. The Morgan fingerprint density at radius 1 is 1.15 bits per heavy atom. The SMILES string of the molecule is O=C(CN1CCN(c2ccc(C(F)(F)F)cn2)CC1)Nc1cccnc1Cl. The number of halogens is 4. The van der Waals surface area contributed by atoms with Gasteiger partial charge in [-0.15, -0.1) is 0 Å². The average molecular weight is 400 g/mol. The van der Waals surface area contributed by atoms with Gasteiger partial charge in [0.25, 0.3) is 0 Å². The Hall–Kier alpha value is -2.39. The molecule has 27 heavy (non-hydrogen) atoms. The molecule has 2 aromatic heterocycles. The lowest BCUT2D eigenvalue weighted by Crippen LogP contribution is -2.49. The normalized spacial score (nSPS) is 15.6. The van der Waals surface area contributed by atoms with Crippen LogP contribution in [0.4, 0.5) is 24.7 Å². The van der Waals surface area contributed by atoms with Crippen LogP contribution in [0.15, 0.2) is 36.7 Å². The summed E-state index contributed by atoms with van der Waals surface area (Å²) in [7, 11) is 0. The van der Waals surface area contributed by atoms with Gasteiger partial charge in [0.05, 0.1) is 17.8 Å². The molecule has 0 aliphatic carbocycles. The van der Waals surface area contributed by atoms with E-state index in [2.05, 4.69) is 15.3 Å². The zero-order valence-corrected chi connectivity index (χ0v) is 15.0. The van der Waals surface area contributed by atoms with Crippen molar-refractivity contribution in [1.29, 1.82) is 0 Å². The van der Waals surface area contributed by atoms with E-state index < -0.39 is 11.7 Å². The Kier molecular flexibility index (Phi) is 5.81. The number of alkyl halides is 3. The first-order valence-corrected chi connectivity index (χ1v) is 8.61. The molecule has 0 radical (unpaired) electrons. The first-order valence-electron chi connectivity index (χ1n) is 8.24. The third kappa shape index (κ3) is 5.08. The van der Waals surface area contributed by atoms with Crippen molar-refractivity contribution in [2.24, 2.45) is 0 Å². The minimum Gasteiger partial charge on any atom is -0.354 e. The Bertz CT molecular complexity index is 792. The molecular weight excluding hydrogens is 383 g/mol. The monoisotopic (exact) mass is 399 g/mol. The van der Waals surface area contributed by atoms with Gasteiger partial charge in [-0.25, -0.2) is 9.97 Å². The topological polar surface area (TPSA) is 61.4 Å². The van der Waals surface area contributed by atoms with Crippen molar-refractivity contribution in [3.05, 3.63) is 47.4 Å². The van der Waals surface area contributed by atoms with Crippen molar-refractivity contribution in [3.8, 4) is 0 Å². The molecule has 0 aromatic carbocycles. The number of piperazine rings is 1. The first kappa shape index (κ1) is 19.4. The van der Waals surface area contributed by atoms with Crippen molar-refractivity contribution >= 4 is 29.0 Å². The molecule has 0 atom stereocenters. The largest absolute Gasteiger partial charge is 0.417 e. The van der Waals surface area contributed by atoms with Crippen molar-refractivity contribution < 1.29 is 18.0 Å². The Balaban J connectivity index is 1.50. The summed E-state index contributed by atoms with van der Waals surface area (Å²) in [6.07, 6.45) is -2.02. The van der Waals surface area contributed by atoms with E-state index >= 15 is 0 Å². The number of hydrogen-bond donors (Lipinski definition) is 1. The lowest BCUT2D eigenvalue weighted by Gasteiger charge is -2.35. The highest BCUT2D eigenvalue weighted by molar-refractivity contribution is 6.32. The second kappa shape index (κ2) is 8.10. The summed E-state index contributed by atoms with van der Waals surface area (Å²) < 4.78 is 37.8. The smallest absolute Gasteiger partial charge is 0.354 e. The van der Waals surface area contributed by atoms with E-state index in [0.29, 0.717) is 37.7 Å². The third-order valence-corrected chi connectivity index (χ3v) is 4.47. The predicted molar refractivity (Wildman–Crippen MR) is 95.8 cm³/mol. The van der Waals surface area contributed by atoms with Crippen LogP contribution in [0.1, 0.15) is 5.56 Å². The maximum Gasteiger partial charge on any atom is 0.417 e. The minimum absolute atomic E-state index is 0.194. The first-order chi connectivity index (χ1) is 12.8. The Morgan fingerprint density at radius 2 is 1.89 bits per heavy atom. The van der Waals surface area contributed by atoms with E-state index in [0.717, 1.165) is 12.3 Å². The van der Waals surface area contributed by atoms with Crippen LogP contribution >= 0.6 is 11.6 Å². The van der Waals surface area contributed by atoms with Crippen molar-refractivity contribution in [3.63, 3.8) is 0 Å². The number of carbonyl (C=O) groups is 1. The van der Waals surface area contributed by atoms with E-state index in [1.54, 1.807) is 12.1 Å². The van der Waals surface area contributed by atoms with Gasteiger partial charge in [0, 0.05) is 38.6 Å². The van der Waals surface area contributed by atoms with Crippen LogP contribution in [-0.4, -0.2) is 53.5 Å². The average Bonchev–Trinajstić information content (AvgIpc) is 2.64. The molecule has 1 saturated heterocycles. The number of pyridine rings is 2. The van der Waals surface area contributed by atoms with Gasteiger partial charge >= 0.3 is 6.18 Å². The Labute approximate surface area is 159 Å². The molecule has 144 valence electrons. The highest BCUT2D eigenvalue weighted by Crippen LogP contribution is 2.29.